The maximum absolute atomic E-state index is 12.3. The average molecular weight is 308 g/mol. The van der Waals surface area contributed by atoms with Gasteiger partial charge < -0.3 is 5.11 Å². The van der Waals surface area contributed by atoms with E-state index in [4.69, 9.17) is 0 Å². The highest BCUT2D eigenvalue weighted by molar-refractivity contribution is 7.91. The Bertz CT molecular complexity index is 679. The lowest BCUT2D eigenvalue weighted by atomic mass is 9.71. The Kier molecular flexibility index (Phi) is 3.35. The second-order valence-electron chi connectivity index (χ2n) is 6.35. The lowest BCUT2D eigenvalue weighted by Gasteiger charge is -2.31. The normalized spacial score (nSPS) is 33.8. The number of sulfone groups is 1. The number of benzene rings is 1. The molecule has 0 aromatic heterocycles. The summed E-state index contributed by atoms with van der Waals surface area (Å²) < 4.78 is 24.7. The molecule has 1 aliphatic carbocycles. The van der Waals surface area contributed by atoms with Crippen LogP contribution in [0.2, 0.25) is 0 Å². The van der Waals surface area contributed by atoms with Crippen LogP contribution in [0.3, 0.4) is 0 Å². The molecular weight excluding hydrogens is 288 g/mol. The lowest BCUT2D eigenvalue weighted by Crippen LogP contribution is -2.36. The highest BCUT2D eigenvalue weighted by Gasteiger charge is 2.55. The van der Waals surface area contributed by atoms with Crippen LogP contribution in [0.15, 0.2) is 29.2 Å². The summed E-state index contributed by atoms with van der Waals surface area (Å²) in [5.41, 5.74) is -0.211. The number of carboxylic acid groups (broad SMARTS) is 1. The predicted octanol–water partition coefficient (Wildman–Crippen LogP) is 2.84. The van der Waals surface area contributed by atoms with Crippen molar-refractivity contribution < 1.29 is 18.3 Å². The molecule has 5 heteroatoms. The molecule has 1 N–H and O–H groups in total. The van der Waals surface area contributed by atoms with Gasteiger partial charge in [0.2, 0.25) is 0 Å². The number of hydrogen-bond donors (Lipinski definition) is 1. The van der Waals surface area contributed by atoms with E-state index in [0.29, 0.717) is 29.2 Å². The Labute approximate surface area is 125 Å². The summed E-state index contributed by atoms with van der Waals surface area (Å²) in [6, 6.07) is 6.89. The molecule has 0 bridgehead atoms. The van der Waals surface area contributed by atoms with Crippen molar-refractivity contribution in [1.82, 2.24) is 0 Å². The summed E-state index contributed by atoms with van der Waals surface area (Å²) in [4.78, 5) is 12.3. The Hall–Kier alpha value is -1.36. The third-order valence-electron chi connectivity index (χ3n) is 5.34. The molecule has 1 aromatic carbocycles. The number of fused-ring (bicyclic) bond motifs is 1. The third-order valence-corrected chi connectivity index (χ3v) is 7.15. The predicted molar refractivity (Wildman–Crippen MR) is 78.9 cm³/mol. The molecule has 21 heavy (non-hydrogen) atoms. The third kappa shape index (κ3) is 2.09. The van der Waals surface area contributed by atoms with Crippen molar-refractivity contribution in [2.45, 2.75) is 43.4 Å². The van der Waals surface area contributed by atoms with Crippen molar-refractivity contribution in [3.63, 3.8) is 0 Å². The van der Waals surface area contributed by atoms with Crippen molar-refractivity contribution >= 4 is 15.8 Å². The Morgan fingerprint density at radius 3 is 2.71 bits per heavy atom. The Morgan fingerprint density at radius 2 is 2.10 bits per heavy atom. The van der Waals surface area contributed by atoms with Crippen LogP contribution in [0.4, 0.5) is 0 Å². The standard InChI is InChI=1S/C16H20O4S/c1-2-11-7-8-16(9-11,15(17)18)13-10-21(19,20)14-6-4-3-5-12(13)14/h3-6,11,13H,2,7-10H2,1H3,(H,17,18). The molecular formula is C16H20O4S. The van der Waals surface area contributed by atoms with Gasteiger partial charge in [-0.3, -0.25) is 4.79 Å². The van der Waals surface area contributed by atoms with Crippen LogP contribution in [0.25, 0.3) is 0 Å². The summed E-state index contributed by atoms with van der Waals surface area (Å²) in [6.07, 6.45) is 3.00. The molecule has 1 aliphatic heterocycles. The summed E-state index contributed by atoms with van der Waals surface area (Å²) in [5.74, 6) is -0.922. The zero-order valence-electron chi connectivity index (χ0n) is 12.1. The molecule has 114 valence electrons. The second kappa shape index (κ2) is 4.83. The van der Waals surface area contributed by atoms with Gasteiger partial charge in [0.25, 0.3) is 0 Å². The summed E-state index contributed by atoms with van der Waals surface area (Å²) in [6.45, 7) is 2.07. The van der Waals surface area contributed by atoms with Crippen molar-refractivity contribution in [1.29, 1.82) is 0 Å². The molecule has 3 atom stereocenters. The van der Waals surface area contributed by atoms with Crippen molar-refractivity contribution in [3.05, 3.63) is 29.8 Å². The summed E-state index contributed by atoms with van der Waals surface area (Å²) >= 11 is 0. The van der Waals surface area contributed by atoms with Gasteiger partial charge in [-0.2, -0.15) is 0 Å². The maximum atomic E-state index is 12.3. The molecule has 0 saturated heterocycles. The van der Waals surface area contributed by atoms with Crippen LogP contribution in [0.5, 0.6) is 0 Å². The van der Waals surface area contributed by atoms with Gasteiger partial charge >= 0.3 is 5.97 Å². The van der Waals surface area contributed by atoms with E-state index in [9.17, 15) is 18.3 Å². The Morgan fingerprint density at radius 1 is 1.38 bits per heavy atom. The van der Waals surface area contributed by atoms with E-state index in [1.807, 2.05) is 0 Å². The first-order valence-electron chi connectivity index (χ1n) is 7.46. The fourth-order valence-corrected chi connectivity index (χ4v) is 6.07. The molecule has 4 nitrogen and oxygen atoms in total. The van der Waals surface area contributed by atoms with E-state index < -0.39 is 27.1 Å². The lowest BCUT2D eigenvalue weighted by molar-refractivity contribution is -0.150. The molecule has 1 fully saturated rings. The zero-order chi connectivity index (χ0) is 15.3. The van der Waals surface area contributed by atoms with Crippen LogP contribution in [-0.4, -0.2) is 25.2 Å². The maximum Gasteiger partial charge on any atom is 0.310 e. The highest BCUT2D eigenvalue weighted by Crippen LogP contribution is 2.55. The fourth-order valence-electron chi connectivity index (χ4n) is 4.10. The fraction of sp³-hybridized carbons (Fsp3) is 0.562. The smallest absolute Gasteiger partial charge is 0.310 e. The molecule has 0 amide bonds. The van der Waals surface area contributed by atoms with Gasteiger partial charge in [0.05, 0.1) is 16.1 Å². The summed E-state index contributed by atoms with van der Waals surface area (Å²) in [5, 5.41) is 9.84. The van der Waals surface area contributed by atoms with E-state index in [0.717, 1.165) is 12.8 Å². The molecule has 1 heterocycles. The minimum atomic E-state index is -3.35. The Balaban J connectivity index is 2.10. The van der Waals surface area contributed by atoms with E-state index in [1.165, 1.54) is 0 Å². The number of rotatable bonds is 3. The zero-order valence-corrected chi connectivity index (χ0v) is 12.9. The highest BCUT2D eigenvalue weighted by atomic mass is 32.2. The van der Waals surface area contributed by atoms with Gasteiger partial charge in [0, 0.05) is 5.92 Å². The molecule has 1 aromatic rings. The van der Waals surface area contributed by atoms with Crippen LogP contribution in [0, 0.1) is 11.3 Å². The van der Waals surface area contributed by atoms with Crippen LogP contribution in [-0.2, 0) is 14.6 Å². The number of hydrogen-bond acceptors (Lipinski definition) is 3. The quantitative estimate of drug-likeness (QED) is 0.932. The molecule has 2 aliphatic rings. The average Bonchev–Trinajstić information content (AvgIpc) is 3.00. The van der Waals surface area contributed by atoms with Gasteiger partial charge in [-0.05, 0) is 36.8 Å². The monoisotopic (exact) mass is 308 g/mol. The first-order valence-corrected chi connectivity index (χ1v) is 9.11. The van der Waals surface area contributed by atoms with Gasteiger partial charge in [-0.1, -0.05) is 31.5 Å². The van der Waals surface area contributed by atoms with Crippen molar-refractivity contribution in [2.24, 2.45) is 11.3 Å². The van der Waals surface area contributed by atoms with Gasteiger partial charge in [-0.15, -0.1) is 0 Å². The molecule has 0 radical (unpaired) electrons. The minimum Gasteiger partial charge on any atom is -0.481 e. The number of aliphatic carboxylic acids is 1. The second-order valence-corrected chi connectivity index (χ2v) is 8.35. The van der Waals surface area contributed by atoms with Gasteiger partial charge in [-0.25, -0.2) is 8.42 Å². The molecule has 1 saturated carbocycles. The topological polar surface area (TPSA) is 71.4 Å². The molecule has 0 spiro atoms. The van der Waals surface area contributed by atoms with E-state index in [2.05, 4.69) is 6.92 Å². The minimum absolute atomic E-state index is 0.0604. The van der Waals surface area contributed by atoms with Crippen LogP contribution < -0.4 is 0 Å². The van der Waals surface area contributed by atoms with E-state index in [-0.39, 0.29) is 5.75 Å². The van der Waals surface area contributed by atoms with Crippen molar-refractivity contribution in [2.75, 3.05) is 5.75 Å². The SMILES string of the molecule is CCC1CCC(C(=O)O)(C2CS(=O)(=O)c3ccccc32)C1. The van der Waals surface area contributed by atoms with Gasteiger partial charge in [0.15, 0.2) is 9.84 Å². The number of carboxylic acids is 1. The summed E-state index contributed by atoms with van der Waals surface area (Å²) in [7, 11) is -3.35. The molecule has 3 rings (SSSR count). The van der Waals surface area contributed by atoms with Crippen LogP contribution >= 0.6 is 0 Å². The largest absolute Gasteiger partial charge is 0.481 e. The first kappa shape index (κ1) is 14.6. The van der Waals surface area contributed by atoms with E-state index >= 15 is 0 Å². The van der Waals surface area contributed by atoms with E-state index in [1.54, 1.807) is 24.3 Å². The molecule has 3 unspecified atom stereocenters. The number of carbonyl (C=O) groups is 1. The first-order chi connectivity index (χ1) is 9.90. The van der Waals surface area contributed by atoms with Crippen molar-refractivity contribution in [3.8, 4) is 0 Å². The van der Waals surface area contributed by atoms with Gasteiger partial charge in [0.1, 0.15) is 0 Å². The van der Waals surface area contributed by atoms with Crippen LogP contribution in [0.1, 0.15) is 44.1 Å².